The van der Waals surface area contributed by atoms with Crippen molar-refractivity contribution in [2.45, 2.75) is 32.6 Å². The molecule has 3 N–H and O–H groups in total. The van der Waals surface area contributed by atoms with Crippen molar-refractivity contribution in [3.05, 3.63) is 5.89 Å². The van der Waals surface area contributed by atoms with Crippen molar-refractivity contribution in [3.63, 3.8) is 0 Å². The third-order valence-electron chi connectivity index (χ3n) is 2.21. The molecule has 17 heavy (non-hydrogen) atoms. The number of rotatable bonds is 10. The number of hydrogen-bond donors (Lipinski definition) is 2. The molecule has 0 spiro atoms. The zero-order valence-electron chi connectivity index (χ0n) is 10.4. The molecule has 0 aliphatic heterocycles. The number of aromatic nitrogens is 2. The van der Waals surface area contributed by atoms with E-state index in [1.54, 1.807) is 0 Å². The second kappa shape index (κ2) is 8.95. The van der Waals surface area contributed by atoms with Gasteiger partial charge in [-0.05, 0) is 12.8 Å². The van der Waals surface area contributed by atoms with Crippen LogP contribution in [0.25, 0.3) is 0 Å². The second-order valence-electron chi connectivity index (χ2n) is 3.79. The fourth-order valence-electron chi connectivity index (χ4n) is 1.27. The Bertz CT molecular complexity index is 291. The molecule has 1 aromatic rings. The Hall–Kier alpha value is -1.14. The fraction of sp³-hybridized carbons (Fsp3) is 0.818. The molecular formula is C11H22N4O2. The average Bonchev–Trinajstić information content (AvgIpc) is 2.76. The van der Waals surface area contributed by atoms with Gasteiger partial charge in [0.1, 0.15) is 0 Å². The Labute approximate surface area is 102 Å². The van der Waals surface area contributed by atoms with Crippen molar-refractivity contribution >= 4 is 6.01 Å². The molecule has 0 saturated carbocycles. The third kappa shape index (κ3) is 6.23. The van der Waals surface area contributed by atoms with E-state index in [1.165, 1.54) is 6.42 Å². The first kappa shape index (κ1) is 13.9. The maximum Gasteiger partial charge on any atom is 0.315 e. The van der Waals surface area contributed by atoms with Crippen LogP contribution < -0.4 is 11.1 Å². The molecule has 6 nitrogen and oxygen atoms in total. The van der Waals surface area contributed by atoms with Gasteiger partial charge in [-0.2, -0.15) is 0 Å². The smallest absolute Gasteiger partial charge is 0.315 e. The molecular weight excluding hydrogens is 220 g/mol. The Balaban J connectivity index is 2.01. The second-order valence-corrected chi connectivity index (χ2v) is 3.79. The minimum absolute atomic E-state index is 0.460. The van der Waals surface area contributed by atoms with E-state index < -0.39 is 0 Å². The van der Waals surface area contributed by atoms with E-state index in [9.17, 15) is 0 Å². The lowest BCUT2D eigenvalue weighted by molar-refractivity contribution is 0.131. The molecule has 1 rings (SSSR count). The van der Waals surface area contributed by atoms with Crippen LogP contribution in [0.2, 0.25) is 0 Å². The molecule has 0 atom stereocenters. The van der Waals surface area contributed by atoms with E-state index in [0.717, 1.165) is 32.6 Å². The molecule has 0 bridgehead atoms. The molecule has 98 valence electrons. The monoisotopic (exact) mass is 242 g/mol. The first-order chi connectivity index (χ1) is 8.36. The van der Waals surface area contributed by atoms with E-state index in [0.29, 0.717) is 24.9 Å². The predicted octanol–water partition coefficient (Wildman–Crippen LogP) is 1.19. The summed E-state index contributed by atoms with van der Waals surface area (Å²) in [4.78, 5) is 0. The van der Waals surface area contributed by atoms with Crippen molar-refractivity contribution < 1.29 is 9.15 Å². The van der Waals surface area contributed by atoms with Crippen molar-refractivity contribution in [1.82, 2.24) is 10.2 Å². The van der Waals surface area contributed by atoms with Crippen LogP contribution in [0.4, 0.5) is 6.01 Å². The molecule has 0 aliphatic rings. The quantitative estimate of drug-likeness (QED) is 0.599. The maximum atomic E-state index is 5.43. The summed E-state index contributed by atoms with van der Waals surface area (Å²) >= 11 is 0. The molecule has 0 amide bonds. The average molecular weight is 242 g/mol. The van der Waals surface area contributed by atoms with Gasteiger partial charge in [-0.15, -0.1) is 5.10 Å². The minimum atomic E-state index is 0.460. The van der Waals surface area contributed by atoms with Crippen LogP contribution in [0.3, 0.4) is 0 Å². The van der Waals surface area contributed by atoms with Gasteiger partial charge in [0.2, 0.25) is 5.89 Å². The molecule has 1 heterocycles. The van der Waals surface area contributed by atoms with Crippen LogP contribution in [0.15, 0.2) is 4.42 Å². The zero-order valence-corrected chi connectivity index (χ0v) is 10.4. The van der Waals surface area contributed by atoms with Crippen LogP contribution in [0.5, 0.6) is 0 Å². The summed E-state index contributed by atoms with van der Waals surface area (Å²) in [6, 6.07) is 0.460. The first-order valence-corrected chi connectivity index (χ1v) is 6.21. The van der Waals surface area contributed by atoms with E-state index in [2.05, 4.69) is 22.4 Å². The minimum Gasteiger partial charge on any atom is -0.408 e. The summed E-state index contributed by atoms with van der Waals surface area (Å²) in [5.41, 5.74) is 5.38. The van der Waals surface area contributed by atoms with E-state index in [4.69, 9.17) is 14.9 Å². The molecule has 1 aromatic heterocycles. The summed E-state index contributed by atoms with van der Waals surface area (Å²) < 4.78 is 10.7. The summed E-state index contributed by atoms with van der Waals surface area (Å²) in [6.07, 6.45) is 3.84. The zero-order chi connectivity index (χ0) is 12.3. The van der Waals surface area contributed by atoms with Crippen molar-refractivity contribution in [1.29, 1.82) is 0 Å². The molecule has 0 unspecified atom stereocenters. The van der Waals surface area contributed by atoms with Crippen LogP contribution >= 0.6 is 0 Å². The molecule has 0 saturated heterocycles. The summed E-state index contributed by atoms with van der Waals surface area (Å²) in [5, 5.41) is 10.8. The van der Waals surface area contributed by atoms with E-state index in [-0.39, 0.29) is 0 Å². The number of unbranched alkanes of at least 4 members (excludes halogenated alkanes) is 1. The standard InChI is InChI=1S/C11H22N4O2/c1-2-3-8-16-9-4-7-13-11-15-14-10(17-11)5-6-12/h2-9,12H2,1H3,(H,13,15). The van der Waals surface area contributed by atoms with Crippen molar-refractivity contribution in [2.75, 3.05) is 31.6 Å². The third-order valence-corrected chi connectivity index (χ3v) is 2.21. The Kier molecular flexibility index (Phi) is 7.33. The van der Waals surface area contributed by atoms with Gasteiger partial charge < -0.3 is 20.2 Å². The van der Waals surface area contributed by atoms with Crippen molar-refractivity contribution in [2.24, 2.45) is 5.73 Å². The number of nitrogens with zero attached hydrogens (tertiary/aromatic N) is 2. The summed E-state index contributed by atoms with van der Waals surface area (Å²) in [5.74, 6) is 0.578. The largest absolute Gasteiger partial charge is 0.408 e. The number of nitrogens with one attached hydrogen (secondary N) is 1. The highest BCUT2D eigenvalue weighted by Crippen LogP contribution is 2.05. The lowest BCUT2D eigenvalue weighted by atomic mass is 10.4. The normalized spacial score (nSPS) is 10.7. The summed E-state index contributed by atoms with van der Waals surface area (Å²) in [7, 11) is 0. The van der Waals surface area contributed by atoms with Crippen LogP contribution in [-0.2, 0) is 11.2 Å². The number of nitrogens with two attached hydrogens (primary N) is 1. The lowest BCUT2D eigenvalue weighted by Gasteiger charge is -2.03. The Morgan fingerprint density at radius 1 is 1.29 bits per heavy atom. The van der Waals surface area contributed by atoms with Crippen LogP contribution in [0.1, 0.15) is 32.1 Å². The van der Waals surface area contributed by atoms with Gasteiger partial charge in [0.25, 0.3) is 0 Å². The molecule has 6 heteroatoms. The van der Waals surface area contributed by atoms with E-state index in [1.807, 2.05) is 0 Å². The van der Waals surface area contributed by atoms with Gasteiger partial charge in [0.15, 0.2) is 0 Å². The van der Waals surface area contributed by atoms with Gasteiger partial charge in [0, 0.05) is 32.7 Å². The maximum absolute atomic E-state index is 5.43. The molecule has 0 aliphatic carbocycles. The van der Waals surface area contributed by atoms with Gasteiger partial charge >= 0.3 is 6.01 Å². The highest BCUT2D eigenvalue weighted by Gasteiger charge is 2.03. The number of hydrogen-bond acceptors (Lipinski definition) is 6. The molecule has 0 aromatic carbocycles. The molecule has 0 radical (unpaired) electrons. The predicted molar refractivity (Wildman–Crippen MR) is 65.9 cm³/mol. The van der Waals surface area contributed by atoms with Crippen molar-refractivity contribution in [3.8, 4) is 0 Å². The van der Waals surface area contributed by atoms with E-state index >= 15 is 0 Å². The summed E-state index contributed by atoms with van der Waals surface area (Å²) in [6.45, 7) is 5.05. The SMILES string of the molecule is CCCCOCCCNc1nnc(CCN)o1. The topological polar surface area (TPSA) is 86.2 Å². The highest BCUT2D eigenvalue weighted by atomic mass is 16.5. The van der Waals surface area contributed by atoms with Gasteiger partial charge in [0.05, 0.1) is 0 Å². The number of ether oxygens (including phenoxy) is 1. The van der Waals surface area contributed by atoms with Gasteiger partial charge in [-0.3, -0.25) is 0 Å². The highest BCUT2D eigenvalue weighted by molar-refractivity contribution is 5.16. The van der Waals surface area contributed by atoms with Crippen LogP contribution in [-0.4, -0.2) is 36.5 Å². The number of anilines is 1. The van der Waals surface area contributed by atoms with Gasteiger partial charge in [-0.1, -0.05) is 18.4 Å². The Morgan fingerprint density at radius 2 is 2.12 bits per heavy atom. The Morgan fingerprint density at radius 3 is 2.88 bits per heavy atom. The van der Waals surface area contributed by atoms with Crippen LogP contribution in [0, 0.1) is 0 Å². The lowest BCUT2D eigenvalue weighted by Crippen LogP contribution is -2.06. The molecule has 0 fully saturated rings. The fourth-order valence-corrected chi connectivity index (χ4v) is 1.27. The van der Waals surface area contributed by atoms with Gasteiger partial charge in [-0.25, -0.2) is 0 Å². The first-order valence-electron chi connectivity index (χ1n) is 6.21.